The van der Waals surface area contributed by atoms with Gasteiger partial charge in [-0.25, -0.2) is 9.78 Å². The first kappa shape index (κ1) is 10.6. The third-order valence-corrected chi connectivity index (χ3v) is 2.27. The number of rotatable bonds is 1. The molecule has 0 aliphatic heterocycles. The van der Waals surface area contributed by atoms with Crippen LogP contribution in [0.15, 0.2) is 23.0 Å². The second-order valence-electron chi connectivity index (χ2n) is 3.07. The lowest BCUT2D eigenvalue weighted by molar-refractivity contribution is 0.0592. The Morgan fingerprint density at radius 2 is 2.25 bits per heavy atom. The van der Waals surface area contributed by atoms with Gasteiger partial charge in [-0.05, 0) is 18.2 Å². The van der Waals surface area contributed by atoms with Crippen LogP contribution in [0.3, 0.4) is 0 Å². The molecule has 0 bridgehead atoms. The van der Waals surface area contributed by atoms with Gasteiger partial charge in [0.25, 0.3) is 5.56 Å². The van der Waals surface area contributed by atoms with Crippen LogP contribution in [0.4, 0.5) is 0 Å². The molecule has 1 aromatic heterocycles. The van der Waals surface area contributed by atoms with Gasteiger partial charge in [-0.3, -0.25) is 4.79 Å². The first-order valence-corrected chi connectivity index (χ1v) is 4.77. The highest BCUT2D eigenvalue weighted by Crippen LogP contribution is 2.14. The fraction of sp³-hybridized carbons (Fsp3) is 0.100. The lowest BCUT2D eigenvalue weighted by atomic mass is 10.3. The lowest BCUT2D eigenvalue weighted by Crippen LogP contribution is -2.21. The summed E-state index contributed by atoms with van der Waals surface area (Å²) >= 11 is 5.78. The Morgan fingerprint density at radius 3 is 2.94 bits per heavy atom. The van der Waals surface area contributed by atoms with Crippen molar-refractivity contribution in [3.63, 3.8) is 0 Å². The maximum absolute atomic E-state index is 11.5. The van der Waals surface area contributed by atoms with E-state index in [9.17, 15) is 9.59 Å². The van der Waals surface area contributed by atoms with Crippen molar-refractivity contribution in [2.75, 3.05) is 7.11 Å². The van der Waals surface area contributed by atoms with Crippen LogP contribution < -0.4 is 5.56 Å². The number of hydrogen-bond acceptors (Lipinski definition) is 4. The summed E-state index contributed by atoms with van der Waals surface area (Å²) in [6.07, 6.45) is 0. The molecule has 0 atom stereocenters. The number of ether oxygens (including phenoxy) is 1. The average Bonchev–Trinajstić information content (AvgIpc) is 2.28. The number of H-pyrrole nitrogens is 1. The normalized spacial score (nSPS) is 10.4. The molecular formula is C10H7ClN2O3. The molecule has 0 aliphatic rings. The van der Waals surface area contributed by atoms with E-state index >= 15 is 0 Å². The Labute approximate surface area is 95.0 Å². The Morgan fingerprint density at radius 1 is 1.50 bits per heavy atom. The molecule has 16 heavy (non-hydrogen) atoms. The monoisotopic (exact) mass is 238 g/mol. The summed E-state index contributed by atoms with van der Waals surface area (Å²) in [7, 11) is 1.19. The molecule has 6 heteroatoms. The Balaban J connectivity index is 2.74. The van der Waals surface area contributed by atoms with Gasteiger partial charge in [-0.2, -0.15) is 0 Å². The minimum Gasteiger partial charge on any atom is -0.464 e. The van der Waals surface area contributed by atoms with Crippen molar-refractivity contribution in [1.29, 1.82) is 0 Å². The first-order valence-electron chi connectivity index (χ1n) is 4.39. The van der Waals surface area contributed by atoms with Crippen LogP contribution in [0, 0.1) is 0 Å². The highest BCUT2D eigenvalue weighted by Gasteiger charge is 2.13. The number of nitrogens with one attached hydrogen (secondary N) is 1. The highest BCUT2D eigenvalue weighted by atomic mass is 35.5. The van der Waals surface area contributed by atoms with Gasteiger partial charge < -0.3 is 9.72 Å². The molecule has 0 spiro atoms. The van der Waals surface area contributed by atoms with E-state index in [-0.39, 0.29) is 5.69 Å². The topological polar surface area (TPSA) is 72.0 Å². The van der Waals surface area contributed by atoms with Crippen molar-refractivity contribution in [1.82, 2.24) is 9.97 Å². The van der Waals surface area contributed by atoms with E-state index in [4.69, 9.17) is 11.6 Å². The zero-order valence-electron chi connectivity index (χ0n) is 8.28. The number of benzene rings is 1. The molecule has 0 amide bonds. The Kier molecular flexibility index (Phi) is 2.62. The van der Waals surface area contributed by atoms with E-state index in [0.29, 0.717) is 16.1 Å². The molecular weight excluding hydrogens is 232 g/mol. The largest absolute Gasteiger partial charge is 0.464 e. The van der Waals surface area contributed by atoms with E-state index in [0.717, 1.165) is 0 Å². The standard InChI is InChI=1S/C10H7ClN2O3/c1-16-10(15)8-9(14)13-6-3-2-5(11)4-7(6)12-8/h2-4H,1H3,(H,13,14). The van der Waals surface area contributed by atoms with E-state index in [2.05, 4.69) is 14.7 Å². The summed E-state index contributed by atoms with van der Waals surface area (Å²) in [4.78, 5) is 29.1. The van der Waals surface area contributed by atoms with E-state index in [1.54, 1.807) is 18.2 Å². The van der Waals surface area contributed by atoms with Gasteiger partial charge in [0.1, 0.15) is 0 Å². The molecule has 2 rings (SSSR count). The third-order valence-electron chi connectivity index (χ3n) is 2.03. The quantitative estimate of drug-likeness (QED) is 0.762. The summed E-state index contributed by atoms with van der Waals surface area (Å²) in [6.45, 7) is 0. The lowest BCUT2D eigenvalue weighted by Gasteiger charge is -2.01. The van der Waals surface area contributed by atoms with Crippen molar-refractivity contribution in [2.24, 2.45) is 0 Å². The van der Waals surface area contributed by atoms with Crippen LogP contribution >= 0.6 is 11.6 Å². The Bertz CT molecular complexity index is 621. The van der Waals surface area contributed by atoms with Crippen LogP contribution in [0.5, 0.6) is 0 Å². The molecule has 82 valence electrons. The zero-order valence-corrected chi connectivity index (χ0v) is 9.04. The molecule has 0 radical (unpaired) electrons. The molecule has 5 nitrogen and oxygen atoms in total. The van der Waals surface area contributed by atoms with Crippen molar-refractivity contribution in [3.8, 4) is 0 Å². The van der Waals surface area contributed by atoms with Gasteiger partial charge >= 0.3 is 5.97 Å². The van der Waals surface area contributed by atoms with Gasteiger partial charge in [-0.15, -0.1) is 0 Å². The molecule has 0 saturated heterocycles. The van der Waals surface area contributed by atoms with Crippen LogP contribution in [0.2, 0.25) is 5.02 Å². The number of aromatic amines is 1. The molecule has 0 saturated carbocycles. The van der Waals surface area contributed by atoms with Crippen molar-refractivity contribution >= 4 is 28.6 Å². The number of aromatic nitrogens is 2. The SMILES string of the molecule is COC(=O)c1nc2cc(Cl)ccc2[nH]c1=O. The van der Waals surface area contributed by atoms with E-state index < -0.39 is 11.5 Å². The van der Waals surface area contributed by atoms with E-state index in [1.165, 1.54) is 7.11 Å². The third kappa shape index (κ3) is 1.77. The summed E-state index contributed by atoms with van der Waals surface area (Å²) in [5.41, 5.74) is 0.0912. The number of hydrogen-bond donors (Lipinski definition) is 1. The predicted octanol–water partition coefficient (Wildman–Crippen LogP) is 1.36. The smallest absolute Gasteiger partial charge is 0.362 e. The molecule has 1 aromatic carbocycles. The summed E-state index contributed by atoms with van der Waals surface area (Å²) in [5.74, 6) is -0.775. The number of esters is 1. The van der Waals surface area contributed by atoms with Gasteiger partial charge in [0.2, 0.25) is 5.69 Å². The number of carbonyl (C=O) groups is 1. The van der Waals surface area contributed by atoms with Crippen LogP contribution in [0.25, 0.3) is 11.0 Å². The minimum absolute atomic E-state index is 0.280. The molecule has 0 unspecified atom stereocenters. The maximum atomic E-state index is 11.5. The van der Waals surface area contributed by atoms with Gasteiger partial charge in [-0.1, -0.05) is 11.6 Å². The van der Waals surface area contributed by atoms with Crippen LogP contribution in [-0.4, -0.2) is 23.0 Å². The number of nitrogens with zero attached hydrogens (tertiary/aromatic N) is 1. The van der Waals surface area contributed by atoms with E-state index in [1.807, 2.05) is 0 Å². The number of halogens is 1. The second-order valence-corrected chi connectivity index (χ2v) is 3.50. The van der Waals surface area contributed by atoms with Gasteiger partial charge in [0.15, 0.2) is 0 Å². The van der Waals surface area contributed by atoms with Gasteiger partial charge in [0, 0.05) is 5.02 Å². The maximum Gasteiger partial charge on any atom is 0.362 e. The van der Waals surface area contributed by atoms with Crippen molar-refractivity contribution in [2.45, 2.75) is 0 Å². The molecule has 2 aromatic rings. The van der Waals surface area contributed by atoms with Crippen LogP contribution in [-0.2, 0) is 4.74 Å². The average molecular weight is 239 g/mol. The zero-order chi connectivity index (χ0) is 11.7. The minimum atomic E-state index is -0.775. The van der Waals surface area contributed by atoms with Crippen molar-refractivity contribution < 1.29 is 9.53 Å². The number of fused-ring (bicyclic) bond motifs is 1. The number of methoxy groups -OCH3 is 1. The number of carbonyl (C=O) groups excluding carboxylic acids is 1. The molecule has 0 aliphatic carbocycles. The van der Waals surface area contributed by atoms with Gasteiger partial charge in [0.05, 0.1) is 18.1 Å². The van der Waals surface area contributed by atoms with Crippen LogP contribution in [0.1, 0.15) is 10.5 Å². The predicted molar refractivity (Wildman–Crippen MR) is 58.7 cm³/mol. The molecule has 0 fully saturated rings. The highest BCUT2D eigenvalue weighted by molar-refractivity contribution is 6.31. The summed E-state index contributed by atoms with van der Waals surface area (Å²) < 4.78 is 4.44. The fourth-order valence-corrected chi connectivity index (χ4v) is 1.46. The Hall–Kier alpha value is -1.88. The molecule has 1 N–H and O–H groups in total. The summed E-state index contributed by atoms with van der Waals surface area (Å²) in [6, 6.07) is 4.80. The fourth-order valence-electron chi connectivity index (χ4n) is 1.29. The van der Waals surface area contributed by atoms with Crippen molar-refractivity contribution in [3.05, 3.63) is 39.3 Å². The summed E-state index contributed by atoms with van der Waals surface area (Å²) in [5, 5.41) is 0.475. The second kappa shape index (κ2) is 3.94. The first-order chi connectivity index (χ1) is 7.61. The molecule has 1 heterocycles.